The molecular formula is C13H21N5OS. The maximum atomic E-state index is 12.2. The Morgan fingerprint density at radius 2 is 1.65 bits per heavy atom. The first-order chi connectivity index (χ1) is 9.65. The molecule has 7 heteroatoms. The molecule has 1 saturated heterocycles. The number of carbonyl (C=O) groups excluding carboxylic acids is 1. The van der Waals surface area contributed by atoms with Crippen molar-refractivity contribution in [2.75, 3.05) is 30.3 Å². The third-order valence-corrected chi connectivity index (χ3v) is 4.11. The lowest BCUT2D eigenvalue weighted by molar-refractivity contribution is -0.128. The summed E-state index contributed by atoms with van der Waals surface area (Å²) in [5.74, 6) is 1.14. The van der Waals surface area contributed by atoms with E-state index in [4.69, 9.17) is 11.5 Å². The van der Waals surface area contributed by atoms with Crippen LogP contribution >= 0.6 is 11.8 Å². The molecule has 0 aliphatic carbocycles. The Kier molecular flexibility index (Phi) is 5.46. The lowest BCUT2D eigenvalue weighted by atomic mass is 10.1. The van der Waals surface area contributed by atoms with Crippen molar-refractivity contribution in [1.82, 2.24) is 14.9 Å². The normalized spacial score (nSPS) is 16.5. The van der Waals surface area contributed by atoms with Crippen LogP contribution in [0, 0.1) is 0 Å². The standard InChI is InChI=1S/C13H21N5OS/c14-10-8-11(15)17-13(16-10)20-9-12(19)18-6-4-2-1-3-5-7-18/h8H,1-7,9H2,(H4,14,15,16,17). The summed E-state index contributed by atoms with van der Waals surface area (Å²) in [4.78, 5) is 22.3. The maximum Gasteiger partial charge on any atom is 0.233 e. The Labute approximate surface area is 123 Å². The average molecular weight is 295 g/mol. The van der Waals surface area contributed by atoms with Crippen molar-refractivity contribution in [2.24, 2.45) is 0 Å². The van der Waals surface area contributed by atoms with Crippen LogP contribution in [0.15, 0.2) is 11.2 Å². The zero-order chi connectivity index (χ0) is 14.4. The van der Waals surface area contributed by atoms with Crippen molar-refractivity contribution in [2.45, 2.75) is 37.3 Å². The van der Waals surface area contributed by atoms with Gasteiger partial charge in [-0.25, -0.2) is 9.97 Å². The fourth-order valence-electron chi connectivity index (χ4n) is 2.24. The van der Waals surface area contributed by atoms with Gasteiger partial charge in [0.05, 0.1) is 5.75 Å². The molecule has 4 N–H and O–H groups in total. The Balaban J connectivity index is 1.87. The summed E-state index contributed by atoms with van der Waals surface area (Å²) >= 11 is 1.29. The van der Waals surface area contributed by atoms with Gasteiger partial charge in [0.25, 0.3) is 0 Å². The van der Waals surface area contributed by atoms with Crippen molar-refractivity contribution in [3.8, 4) is 0 Å². The van der Waals surface area contributed by atoms with E-state index in [0.29, 0.717) is 22.5 Å². The molecule has 110 valence electrons. The van der Waals surface area contributed by atoms with Crippen LogP contribution in [0.3, 0.4) is 0 Å². The van der Waals surface area contributed by atoms with E-state index in [9.17, 15) is 4.79 Å². The number of amides is 1. The fourth-order valence-corrected chi connectivity index (χ4v) is 3.02. The molecule has 2 heterocycles. The van der Waals surface area contributed by atoms with Gasteiger partial charge in [-0.3, -0.25) is 4.79 Å². The lowest BCUT2D eigenvalue weighted by Gasteiger charge is -2.24. The second kappa shape index (κ2) is 7.33. The molecule has 1 amide bonds. The van der Waals surface area contributed by atoms with E-state index < -0.39 is 0 Å². The highest BCUT2D eigenvalue weighted by Gasteiger charge is 2.15. The monoisotopic (exact) mass is 295 g/mol. The molecule has 0 saturated carbocycles. The van der Waals surface area contributed by atoms with E-state index in [0.717, 1.165) is 25.9 Å². The number of hydrogen-bond acceptors (Lipinski definition) is 6. The molecule has 1 aromatic heterocycles. The second-order valence-corrected chi connectivity index (χ2v) is 5.88. The Bertz CT molecular complexity index is 440. The number of rotatable bonds is 3. The highest BCUT2D eigenvalue weighted by atomic mass is 32.2. The number of nitrogens with two attached hydrogens (primary N) is 2. The summed E-state index contributed by atoms with van der Waals surface area (Å²) in [6.07, 6.45) is 5.90. The predicted molar refractivity (Wildman–Crippen MR) is 81.2 cm³/mol. The van der Waals surface area contributed by atoms with Crippen molar-refractivity contribution in [3.05, 3.63) is 6.07 Å². The molecule has 0 atom stereocenters. The highest BCUT2D eigenvalue weighted by molar-refractivity contribution is 7.99. The topological polar surface area (TPSA) is 98.1 Å². The van der Waals surface area contributed by atoms with E-state index in [1.165, 1.54) is 37.1 Å². The van der Waals surface area contributed by atoms with E-state index in [2.05, 4.69) is 9.97 Å². The molecule has 0 unspecified atom stereocenters. The summed E-state index contributed by atoms with van der Waals surface area (Å²) in [6.45, 7) is 1.72. The fraction of sp³-hybridized carbons (Fsp3) is 0.615. The molecule has 0 bridgehead atoms. The molecule has 0 spiro atoms. The van der Waals surface area contributed by atoms with E-state index in [-0.39, 0.29) is 5.91 Å². The average Bonchev–Trinajstić information content (AvgIpc) is 2.34. The zero-order valence-corrected chi connectivity index (χ0v) is 12.4. The van der Waals surface area contributed by atoms with Crippen LogP contribution < -0.4 is 11.5 Å². The first-order valence-corrected chi connectivity index (χ1v) is 7.94. The molecule has 1 aliphatic rings. The number of likely N-dealkylation sites (tertiary alicyclic amines) is 1. The van der Waals surface area contributed by atoms with E-state index in [1.807, 2.05) is 4.90 Å². The number of aromatic nitrogens is 2. The number of hydrogen-bond donors (Lipinski definition) is 2. The first-order valence-electron chi connectivity index (χ1n) is 6.96. The van der Waals surface area contributed by atoms with Gasteiger partial charge in [-0.1, -0.05) is 31.0 Å². The largest absolute Gasteiger partial charge is 0.383 e. The molecule has 0 radical (unpaired) electrons. The van der Waals surface area contributed by atoms with Crippen LogP contribution in [0.2, 0.25) is 0 Å². The van der Waals surface area contributed by atoms with Gasteiger partial charge in [0.1, 0.15) is 11.6 Å². The second-order valence-electron chi connectivity index (χ2n) is 4.94. The third kappa shape index (κ3) is 4.56. The number of carbonyl (C=O) groups is 1. The summed E-state index contributed by atoms with van der Waals surface area (Å²) in [6, 6.07) is 1.50. The smallest absolute Gasteiger partial charge is 0.233 e. The van der Waals surface area contributed by atoms with Crippen LogP contribution in [-0.2, 0) is 4.79 Å². The van der Waals surface area contributed by atoms with Gasteiger partial charge in [0.15, 0.2) is 5.16 Å². The minimum absolute atomic E-state index is 0.140. The number of anilines is 2. The molecule has 2 rings (SSSR count). The van der Waals surface area contributed by atoms with Crippen LogP contribution in [0.1, 0.15) is 32.1 Å². The molecule has 1 aliphatic heterocycles. The van der Waals surface area contributed by atoms with Gasteiger partial charge in [-0.15, -0.1) is 0 Å². The Morgan fingerprint density at radius 3 is 2.25 bits per heavy atom. The molecule has 6 nitrogen and oxygen atoms in total. The van der Waals surface area contributed by atoms with Gasteiger partial charge in [-0.2, -0.15) is 0 Å². The zero-order valence-electron chi connectivity index (χ0n) is 11.5. The number of nitrogen functional groups attached to an aromatic ring is 2. The highest BCUT2D eigenvalue weighted by Crippen LogP contribution is 2.18. The minimum atomic E-state index is 0.140. The van der Waals surface area contributed by atoms with Gasteiger partial charge >= 0.3 is 0 Å². The lowest BCUT2D eigenvalue weighted by Crippen LogP contribution is -2.35. The third-order valence-electron chi connectivity index (χ3n) is 3.28. The predicted octanol–water partition coefficient (Wildman–Crippen LogP) is 1.53. The van der Waals surface area contributed by atoms with E-state index >= 15 is 0 Å². The van der Waals surface area contributed by atoms with Gasteiger partial charge in [0.2, 0.25) is 5.91 Å². The first kappa shape index (κ1) is 14.9. The molecule has 1 aromatic rings. The van der Waals surface area contributed by atoms with Crippen molar-refractivity contribution in [3.63, 3.8) is 0 Å². The SMILES string of the molecule is Nc1cc(N)nc(SCC(=O)N2CCCCCCC2)n1. The molecule has 20 heavy (non-hydrogen) atoms. The quantitative estimate of drug-likeness (QED) is 0.648. The van der Waals surface area contributed by atoms with Crippen molar-refractivity contribution >= 4 is 29.3 Å². The van der Waals surface area contributed by atoms with Gasteiger partial charge in [0, 0.05) is 19.2 Å². The summed E-state index contributed by atoms with van der Waals surface area (Å²) in [7, 11) is 0. The molecule has 0 aromatic carbocycles. The minimum Gasteiger partial charge on any atom is -0.383 e. The van der Waals surface area contributed by atoms with Crippen LogP contribution in [-0.4, -0.2) is 39.6 Å². The van der Waals surface area contributed by atoms with Gasteiger partial charge < -0.3 is 16.4 Å². The molecule has 1 fully saturated rings. The Hall–Kier alpha value is -1.50. The van der Waals surface area contributed by atoms with Gasteiger partial charge in [-0.05, 0) is 12.8 Å². The summed E-state index contributed by atoms with van der Waals surface area (Å²) < 4.78 is 0. The summed E-state index contributed by atoms with van der Waals surface area (Å²) in [5.41, 5.74) is 11.2. The van der Waals surface area contributed by atoms with Crippen molar-refractivity contribution < 1.29 is 4.79 Å². The Morgan fingerprint density at radius 1 is 1.10 bits per heavy atom. The summed E-state index contributed by atoms with van der Waals surface area (Å²) in [5, 5.41) is 0.461. The number of nitrogens with zero attached hydrogens (tertiary/aromatic N) is 3. The molecular weight excluding hydrogens is 274 g/mol. The van der Waals surface area contributed by atoms with Crippen LogP contribution in [0.5, 0.6) is 0 Å². The van der Waals surface area contributed by atoms with Crippen molar-refractivity contribution in [1.29, 1.82) is 0 Å². The van der Waals surface area contributed by atoms with Crippen LogP contribution in [0.4, 0.5) is 11.6 Å². The van der Waals surface area contributed by atoms with E-state index in [1.54, 1.807) is 0 Å². The van der Waals surface area contributed by atoms with Crippen LogP contribution in [0.25, 0.3) is 0 Å². The number of thioether (sulfide) groups is 1. The maximum absolute atomic E-state index is 12.2.